The monoisotopic (exact) mass is 552 g/mol. The summed E-state index contributed by atoms with van der Waals surface area (Å²) in [6, 6.07) is 6.52. The number of rotatable bonds is 11. The first kappa shape index (κ1) is 29.3. The maximum absolute atomic E-state index is 14.0. The minimum absolute atomic E-state index is 0.112. The van der Waals surface area contributed by atoms with Gasteiger partial charge in [-0.05, 0) is 35.6 Å². The van der Waals surface area contributed by atoms with Crippen LogP contribution in [0.3, 0.4) is 0 Å². The standard InChI is InChI=1S/C26H31F3N4O4S/c1-14(2)23(26(36)37)32-21-6-4-3-5-15(21)13-31-24(35)25-33(7-8-38-25)22(34)11-17(30)9-16-10-19(28)20(29)12-18(16)27/h3-6,10,12,14,17,23,25,32H,7-9,11,13,30H2,1-2H3,(H,31,35)(H,36,37)/t17?,23-,25-/m0/s1. The second-order valence-corrected chi connectivity index (χ2v) is 10.6. The summed E-state index contributed by atoms with van der Waals surface area (Å²) in [4.78, 5) is 38.9. The van der Waals surface area contributed by atoms with Crippen LogP contribution in [0.5, 0.6) is 0 Å². The van der Waals surface area contributed by atoms with Crippen molar-refractivity contribution in [2.24, 2.45) is 11.7 Å². The van der Waals surface area contributed by atoms with Crippen LogP contribution < -0.4 is 16.4 Å². The molecule has 0 spiro atoms. The molecule has 1 aliphatic heterocycles. The van der Waals surface area contributed by atoms with Gasteiger partial charge in [0.15, 0.2) is 17.0 Å². The van der Waals surface area contributed by atoms with Gasteiger partial charge in [0.1, 0.15) is 11.9 Å². The Labute approximate surface area is 223 Å². The zero-order chi connectivity index (χ0) is 28.0. The molecule has 3 atom stereocenters. The number of halogens is 3. The molecule has 1 fully saturated rings. The van der Waals surface area contributed by atoms with Gasteiger partial charge in [0.05, 0.1) is 0 Å². The number of carboxylic acids is 1. The Balaban J connectivity index is 1.60. The zero-order valence-corrected chi connectivity index (χ0v) is 21.9. The number of hydrogen-bond acceptors (Lipinski definition) is 6. The first-order valence-electron chi connectivity index (χ1n) is 12.1. The van der Waals surface area contributed by atoms with Crippen LogP contribution in [0.25, 0.3) is 0 Å². The zero-order valence-electron chi connectivity index (χ0n) is 21.0. The van der Waals surface area contributed by atoms with E-state index in [0.717, 1.165) is 6.07 Å². The van der Waals surface area contributed by atoms with E-state index in [-0.39, 0.29) is 30.9 Å². The average molecular weight is 553 g/mol. The molecule has 206 valence electrons. The van der Waals surface area contributed by atoms with Gasteiger partial charge in [-0.1, -0.05) is 32.0 Å². The average Bonchev–Trinajstić information content (AvgIpc) is 3.35. The molecule has 0 saturated carbocycles. The predicted molar refractivity (Wildman–Crippen MR) is 139 cm³/mol. The van der Waals surface area contributed by atoms with Gasteiger partial charge in [-0.2, -0.15) is 0 Å². The number of carbonyl (C=O) groups excluding carboxylic acids is 2. The minimum atomic E-state index is -1.31. The summed E-state index contributed by atoms with van der Waals surface area (Å²) in [6.07, 6.45) is -0.384. The molecule has 8 nitrogen and oxygen atoms in total. The number of nitrogens with two attached hydrogens (primary N) is 1. The topological polar surface area (TPSA) is 125 Å². The van der Waals surface area contributed by atoms with Gasteiger partial charge >= 0.3 is 5.97 Å². The highest BCUT2D eigenvalue weighted by molar-refractivity contribution is 8.00. The number of aliphatic carboxylic acids is 1. The molecule has 12 heteroatoms. The summed E-state index contributed by atoms with van der Waals surface area (Å²) in [6.45, 7) is 4.01. The first-order valence-corrected chi connectivity index (χ1v) is 13.2. The van der Waals surface area contributed by atoms with E-state index in [9.17, 15) is 32.7 Å². The van der Waals surface area contributed by atoms with Crippen molar-refractivity contribution in [1.29, 1.82) is 0 Å². The van der Waals surface area contributed by atoms with Crippen molar-refractivity contribution in [2.75, 3.05) is 17.6 Å². The number of nitrogens with zero attached hydrogens (tertiary/aromatic N) is 1. The van der Waals surface area contributed by atoms with E-state index in [4.69, 9.17) is 5.73 Å². The minimum Gasteiger partial charge on any atom is -0.480 e. The molecular formula is C26H31F3N4O4S. The Hall–Kier alpha value is -3.25. The smallest absolute Gasteiger partial charge is 0.326 e. The molecule has 0 bridgehead atoms. The number of nitrogens with one attached hydrogen (secondary N) is 2. The van der Waals surface area contributed by atoms with E-state index in [2.05, 4.69) is 10.6 Å². The van der Waals surface area contributed by atoms with E-state index in [0.29, 0.717) is 29.6 Å². The van der Waals surface area contributed by atoms with E-state index in [1.54, 1.807) is 38.1 Å². The number of thioether (sulfide) groups is 1. The van der Waals surface area contributed by atoms with E-state index in [1.165, 1.54) is 16.7 Å². The third-order valence-corrected chi connectivity index (χ3v) is 7.36. The van der Waals surface area contributed by atoms with Crippen LogP contribution in [0.4, 0.5) is 18.9 Å². The fourth-order valence-electron chi connectivity index (χ4n) is 4.12. The largest absolute Gasteiger partial charge is 0.480 e. The summed E-state index contributed by atoms with van der Waals surface area (Å²) in [7, 11) is 0. The molecule has 3 rings (SSSR count). The molecule has 5 N–H and O–H groups in total. The molecule has 38 heavy (non-hydrogen) atoms. The fourth-order valence-corrected chi connectivity index (χ4v) is 5.29. The Morgan fingerprint density at radius 3 is 2.47 bits per heavy atom. The quantitative estimate of drug-likeness (QED) is 0.316. The number of para-hydroxylation sites is 1. The van der Waals surface area contributed by atoms with E-state index < -0.39 is 52.7 Å². The Bertz CT molecular complexity index is 1180. The predicted octanol–water partition coefficient (Wildman–Crippen LogP) is 3.10. The third kappa shape index (κ3) is 7.41. The number of carbonyl (C=O) groups is 3. The first-order chi connectivity index (χ1) is 18.0. The van der Waals surface area contributed by atoms with Crippen LogP contribution in [-0.2, 0) is 27.3 Å². The second kappa shape index (κ2) is 13.0. The lowest BCUT2D eigenvalue weighted by molar-refractivity contribution is -0.138. The van der Waals surface area contributed by atoms with Gasteiger partial charge in [-0.3, -0.25) is 9.59 Å². The van der Waals surface area contributed by atoms with Crippen molar-refractivity contribution in [3.05, 3.63) is 65.0 Å². The molecule has 1 saturated heterocycles. The van der Waals surface area contributed by atoms with Gasteiger partial charge in [-0.25, -0.2) is 18.0 Å². The Morgan fingerprint density at radius 2 is 1.79 bits per heavy atom. The lowest BCUT2D eigenvalue weighted by Gasteiger charge is -2.25. The maximum Gasteiger partial charge on any atom is 0.326 e. The second-order valence-electron chi connectivity index (χ2n) is 9.42. The molecule has 1 unspecified atom stereocenters. The van der Waals surface area contributed by atoms with Crippen LogP contribution in [0.2, 0.25) is 0 Å². The number of amides is 2. The van der Waals surface area contributed by atoms with Gasteiger partial charge in [0.2, 0.25) is 5.91 Å². The van der Waals surface area contributed by atoms with Crippen LogP contribution in [-0.4, -0.2) is 57.5 Å². The lowest BCUT2D eigenvalue weighted by atomic mass is 10.0. The molecular weight excluding hydrogens is 521 g/mol. The summed E-state index contributed by atoms with van der Waals surface area (Å²) in [5.74, 6) is -4.88. The Kier molecular flexibility index (Phi) is 10.0. The van der Waals surface area contributed by atoms with Gasteiger partial charge < -0.3 is 26.4 Å². The molecule has 2 aromatic rings. The number of benzene rings is 2. The highest BCUT2D eigenvalue weighted by Crippen LogP contribution is 2.26. The third-order valence-electron chi connectivity index (χ3n) is 6.16. The molecule has 1 aliphatic rings. The number of hydrogen-bond donors (Lipinski definition) is 4. The van der Waals surface area contributed by atoms with Gasteiger partial charge in [0, 0.05) is 43.1 Å². The van der Waals surface area contributed by atoms with Crippen molar-refractivity contribution in [3.8, 4) is 0 Å². The molecule has 0 radical (unpaired) electrons. The van der Waals surface area contributed by atoms with Crippen LogP contribution in [0.15, 0.2) is 36.4 Å². The van der Waals surface area contributed by atoms with Gasteiger partial charge in [-0.15, -0.1) is 11.8 Å². The fraction of sp³-hybridized carbons (Fsp3) is 0.423. The maximum atomic E-state index is 14.0. The summed E-state index contributed by atoms with van der Waals surface area (Å²) >= 11 is 1.29. The summed E-state index contributed by atoms with van der Waals surface area (Å²) in [5.41, 5.74) is 7.13. The molecule has 1 heterocycles. The van der Waals surface area contributed by atoms with Crippen LogP contribution in [0, 0.1) is 23.4 Å². The van der Waals surface area contributed by atoms with Crippen molar-refractivity contribution in [2.45, 2.75) is 50.7 Å². The van der Waals surface area contributed by atoms with Crippen molar-refractivity contribution >= 4 is 35.2 Å². The Morgan fingerprint density at radius 1 is 1.11 bits per heavy atom. The molecule has 2 aromatic carbocycles. The number of carboxylic acid groups (broad SMARTS) is 1. The summed E-state index contributed by atoms with van der Waals surface area (Å²) in [5, 5.41) is 14.5. The van der Waals surface area contributed by atoms with Crippen molar-refractivity contribution < 1.29 is 32.7 Å². The highest BCUT2D eigenvalue weighted by Gasteiger charge is 2.35. The van der Waals surface area contributed by atoms with Crippen molar-refractivity contribution in [1.82, 2.24) is 10.2 Å². The SMILES string of the molecule is CC(C)[C@H](Nc1ccccc1CNC(=O)[C@@H]1SCCN1C(=O)CC(N)Cc1cc(F)c(F)cc1F)C(=O)O. The highest BCUT2D eigenvalue weighted by atomic mass is 32.2. The number of anilines is 1. The van der Waals surface area contributed by atoms with Gasteiger partial charge in [0.25, 0.3) is 5.91 Å². The van der Waals surface area contributed by atoms with E-state index >= 15 is 0 Å². The van der Waals surface area contributed by atoms with Crippen molar-refractivity contribution in [3.63, 3.8) is 0 Å². The molecule has 2 amide bonds. The summed E-state index contributed by atoms with van der Waals surface area (Å²) < 4.78 is 40.6. The van der Waals surface area contributed by atoms with Crippen LogP contribution >= 0.6 is 11.8 Å². The molecule has 0 aromatic heterocycles. The lowest BCUT2D eigenvalue weighted by Crippen LogP contribution is -2.46. The van der Waals surface area contributed by atoms with Crippen LogP contribution in [0.1, 0.15) is 31.4 Å². The normalized spacial score (nSPS) is 16.8. The van der Waals surface area contributed by atoms with E-state index in [1.807, 2.05) is 0 Å². The molecule has 0 aliphatic carbocycles.